The highest BCUT2D eigenvalue weighted by Gasteiger charge is 1.88. The van der Waals surface area contributed by atoms with Crippen LogP contribution in [0.15, 0.2) is 0 Å². The van der Waals surface area contributed by atoms with Gasteiger partial charge in [0.15, 0.2) is 0 Å². The van der Waals surface area contributed by atoms with Crippen molar-refractivity contribution in [3.05, 3.63) is 0 Å². The summed E-state index contributed by atoms with van der Waals surface area (Å²) in [4.78, 5) is 0. The van der Waals surface area contributed by atoms with Crippen LogP contribution in [0, 0.1) is 0 Å². The fourth-order valence-corrected chi connectivity index (χ4v) is 1.13. The first-order valence-electron chi connectivity index (χ1n) is 4.71. The van der Waals surface area contributed by atoms with E-state index in [0.29, 0.717) is 0 Å². The van der Waals surface area contributed by atoms with Gasteiger partial charge in [-0.2, -0.15) is 0 Å². The zero-order chi connectivity index (χ0) is 7.66. The molecule has 0 aromatic rings. The second-order valence-electron chi connectivity index (χ2n) is 2.97. The van der Waals surface area contributed by atoms with E-state index in [0.717, 1.165) is 6.54 Å². The average Bonchev–Trinajstić information content (AvgIpc) is 1.97. The van der Waals surface area contributed by atoms with E-state index in [1.807, 2.05) is 0 Å². The highest BCUT2D eigenvalue weighted by molar-refractivity contribution is 4.43. The molecule has 0 heterocycles. The SMILES string of the molecule is CCCCCCCCC[NH3+]. The summed E-state index contributed by atoms with van der Waals surface area (Å²) in [6.07, 6.45) is 9.80. The average molecular weight is 144 g/mol. The van der Waals surface area contributed by atoms with Gasteiger partial charge in [-0.1, -0.05) is 39.0 Å². The Morgan fingerprint density at radius 1 is 0.800 bits per heavy atom. The van der Waals surface area contributed by atoms with Crippen molar-refractivity contribution in [2.24, 2.45) is 0 Å². The van der Waals surface area contributed by atoms with Gasteiger partial charge in [-0.15, -0.1) is 0 Å². The first-order chi connectivity index (χ1) is 4.91. The molecule has 0 aliphatic carbocycles. The Hall–Kier alpha value is -0.0400. The van der Waals surface area contributed by atoms with Crippen LogP contribution in [0.4, 0.5) is 0 Å². The first kappa shape index (κ1) is 9.96. The lowest BCUT2D eigenvalue weighted by molar-refractivity contribution is -0.368. The maximum atomic E-state index is 3.82. The molecule has 0 radical (unpaired) electrons. The number of quaternary nitrogens is 1. The number of unbranched alkanes of at least 4 members (excludes halogenated alkanes) is 6. The lowest BCUT2D eigenvalue weighted by Crippen LogP contribution is -2.50. The minimum atomic E-state index is 1.12. The van der Waals surface area contributed by atoms with E-state index in [1.165, 1.54) is 44.9 Å². The van der Waals surface area contributed by atoms with Gasteiger partial charge in [0.1, 0.15) is 0 Å². The van der Waals surface area contributed by atoms with Crippen molar-refractivity contribution >= 4 is 0 Å². The van der Waals surface area contributed by atoms with Gasteiger partial charge in [-0.05, 0) is 12.8 Å². The molecule has 1 nitrogen and oxygen atoms in total. The van der Waals surface area contributed by atoms with Crippen LogP contribution in [0.2, 0.25) is 0 Å². The Morgan fingerprint density at radius 3 is 1.80 bits per heavy atom. The molecule has 0 aromatic heterocycles. The van der Waals surface area contributed by atoms with E-state index in [-0.39, 0.29) is 0 Å². The summed E-state index contributed by atoms with van der Waals surface area (Å²) < 4.78 is 0. The maximum absolute atomic E-state index is 3.82. The van der Waals surface area contributed by atoms with Gasteiger partial charge in [0.2, 0.25) is 0 Å². The molecule has 0 saturated carbocycles. The van der Waals surface area contributed by atoms with Gasteiger partial charge >= 0.3 is 0 Å². The molecule has 0 unspecified atom stereocenters. The third-order valence-electron chi connectivity index (χ3n) is 1.85. The fourth-order valence-electron chi connectivity index (χ4n) is 1.13. The molecule has 0 aromatic carbocycles. The Balaban J connectivity index is 2.65. The zero-order valence-corrected chi connectivity index (χ0v) is 7.36. The third-order valence-corrected chi connectivity index (χ3v) is 1.85. The van der Waals surface area contributed by atoms with Crippen LogP contribution in [-0.4, -0.2) is 6.54 Å². The standard InChI is InChI=1S/C9H21N/c1-2-3-4-5-6-7-8-9-10/h2-10H2,1H3/p+1. The van der Waals surface area contributed by atoms with Crippen molar-refractivity contribution in [1.82, 2.24) is 0 Å². The Kier molecular flexibility index (Phi) is 8.92. The van der Waals surface area contributed by atoms with Crippen molar-refractivity contribution in [3.63, 3.8) is 0 Å². The van der Waals surface area contributed by atoms with Crippen LogP contribution in [0.3, 0.4) is 0 Å². The van der Waals surface area contributed by atoms with Gasteiger partial charge in [0.05, 0.1) is 6.54 Å². The van der Waals surface area contributed by atoms with Crippen LogP contribution in [0.25, 0.3) is 0 Å². The highest BCUT2D eigenvalue weighted by Crippen LogP contribution is 2.05. The van der Waals surface area contributed by atoms with Gasteiger partial charge in [0, 0.05) is 0 Å². The molecule has 3 N–H and O–H groups in total. The van der Waals surface area contributed by atoms with Crippen molar-refractivity contribution in [2.75, 3.05) is 6.54 Å². The number of hydrogen-bond donors (Lipinski definition) is 1. The molecular formula is C9H22N+. The molecule has 0 amide bonds. The summed E-state index contributed by atoms with van der Waals surface area (Å²) >= 11 is 0. The van der Waals surface area contributed by atoms with Gasteiger partial charge in [-0.25, -0.2) is 0 Å². The van der Waals surface area contributed by atoms with E-state index in [1.54, 1.807) is 0 Å². The molecule has 0 atom stereocenters. The zero-order valence-electron chi connectivity index (χ0n) is 7.36. The molecular weight excluding hydrogens is 122 g/mol. The molecule has 10 heavy (non-hydrogen) atoms. The number of rotatable bonds is 7. The maximum Gasteiger partial charge on any atom is 0.0739 e. The van der Waals surface area contributed by atoms with Crippen LogP contribution < -0.4 is 5.73 Å². The van der Waals surface area contributed by atoms with Crippen molar-refractivity contribution in [1.29, 1.82) is 0 Å². The molecule has 0 saturated heterocycles. The summed E-state index contributed by atoms with van der Waals surface area (Å²) in [6.45, 7) is 3.38. The molecule has 0 rings (SSSR count). The van der Waals surface area contributed by atoms with Crippen molar-refractivity contribution in [2.45, 2.75) is 51.9 Å². The Morgan fingerprint density at radius 2 is 1.30 bits per heavy atom. The van der Waals surface area contributed by atoms with Crippen LogP contribution in [0.5, 0.6) is 0 Å². The van der Waals surface area contributed by atoms with E-state index in [9.17, 15) is 0 Å². The van der Waals surface area contributed by atoms with Gasteiger partial charge in [0.25, 0.3) is 0 Å². The third kappa shape index (κ3) is 7.96. The van der Waals surface area contributed by atoms with E-state index >= 15 is 0 Å². The molecule has 0 spiro atoms. The summed E-state index contributed by atoms with van der Waals surface area (Å²) in [5.74, 6) is 0. The smallest absolute Gasteiger partial charge is 0.0739 e. The predicted octanol–water partition coefficient (Wildman–Crippen LogP) is 1.98. The molecule has 0 aliphatic rings. The number of hydrogen-bond acceptors (Lipinski definition) is 0. The van der Waals surface area contributed by atoms with Gasteiger partial charge < -0.3 is 5.73 Å². The summed E-state index contributed by atoms with van der Waals surface area (Å²) in [7, 11) is 0. The Labute approximate surface area is 65.0 Å². The summed E-state index contributed by atoms with van der Waals surface area (Å²) in [6, 6.07) is 0. The summed E-state index contributed by atoms with van der Waals surface area (Å²) in [5.41, 5.74) is 3.82. The topological polar surface area (TPSA) is 27.6 Å². The fraction of sp³-hybridized carbons (Fsp3) is 1.00. The summed E-state index contributed by atoms with van der Waals surface area (Å²) in [5, 5.41) is 0. The Bertz CT molecular complexity index is 44.7. The second-order valence-corrected chi connectivity index (χ2v) is 2.97. The van der Waals surface area contributed by atoms with Crippen molar-refractivity contribution < 1.29 is 5.73 Å². The van der Waals surface area contributed by atoms with Crippen molar-refractivity contribution in [3.8, 4) is 0 Å². The largest absolute Gasteiger partial charge is 0.358 e. The normalized spacial score (nSPS) is 10.2. The first-order valence-corrected chi connectivity index (χ1v) is 4.71. The van der Waals surface area contributed by atoms with E-state index in [2.05, 4.69) is 12.7 Å². The predicted molar refractivity (Wildman–Crippen MR) is 45.7 cm³/mol. The van der Waals surface area contributed by atoms with Crippen LogP contribution in [-0.2, 0) is 0 Å². The van der Waals surface area contributed by atoms with Crippen LogP contribution in [0.1, 0.15) is 51.9 Å². The quantitative estimate of drug-likeness (QED) is 0.529. The molecule has 0 fully saturated rings. The molecule has 0 aliphatic heterocycles. The van der Waals surface area contributed by atoms with Gasteiger partial charge in [-0.3, -0.25) is 0 Å². The highest BCUT2D eigenvalue weighted by atomic mass is 14.5. The molecule has 1 heteroatoms. The van der Waals surface area contributed by atoms with E-state index < -0.39 is 0 Å². The lowest BCUT2D eigenvalue weighted by Gasteiger charge is -1.96. The monoisotopic (exact) mass is 144 g/mol. The molecule has 0 bridgehead atoms. The lowest BCUT2D eigenvalue weighted by atomic mass is 10.1. The minimum Gasteiger partial charge on any atom is -0.358 e. The minimum absolute atomic E-state index is 1.12. The molecule has 62 valence electrons. The van der Waals surface area contributed by atoms with E-state index in [4.69, 9.17) is 0 Å². The van der Waals surface area contributed by atoms with Crippen LogP contribution >= 0.6 is 0 Å². The second kappa shape index (κ2) is 8.96.